The van der Waals surface area contributed by atoms with E-state index in [1.165, 1.54) is 11.3 Å². The average molecular weight is 261 g/mol. The van der Waals surface area contributed by atoms with Crippen molar-refractivity contribution in [3.8, 4) is 0 Å². The fourth-order valence-corrected chi connectivity index (χ4v) is 2.56. The van der Waals surface area contributed by atoms with E-state index >= 15 is 0 Å². The Hall–Kier alpha value is -1.55. The number of nitrogens with zero attached hydrogens (tertiary/aromatic N) is 1. The fraction of sp³-hybridized carbons (Fsp3) is 0.533. The summed E-state index contributed by atoms with van der Waals surface area (Å²) in [6.07, 6.45) is 3.74. The molecule has 1 unspecified atom stereocenters. The number of hydrogen-bond acceptors (Lipinski definition) is 3. The van der Waals surface area contributed by atoms with Crippen LogP contribution in [0.1, 0.15) is 31.7 Å². The summed E-state index contributed by atoms with van der Waals surface area (Å²) in [6, 6.07) is 8.55. The molecule has 1 atom stereocenters. The lowest BCUT2D eigenvalue weighted by molar-refractivity contribution is -0.122. The highest BCUT2D eigenvalue weighted by molar-refractivity contribution is 5.83. The third kappa shape index (κ3) is 3.26. The predicted octanol–water partition coefficient (Wildman–Crippen LogP) is 1.42. The Balaban J connectivity index is 1.78. The van der Waals surface area contributed by atoms with Crippen molar-refractivity contribution in [1.82, 2.24) is 0 Å². The lowest BCUT2D eigenvalue weighted by Crippen LogP contribution is -2.49. The van der Waals surface area contributed by atoms with Crippen molar-refractivity contribution in [2.24, 2.45) is 11.5 Å². The Bertz CT molecular complexity index is 456. The SMILES string of the molecule is CC(N)(CCCCN1CCc2ccccc21)C(N)=O. The van der Waals surface area contributed by atoms with Crippen molar-refractivity contribution in [2.75, 3.05) is 18.0 Å². The zero-order valence-electron chi connectivity index (χ0n) is 11.6. The molecule has 1 aliphatic heterocycles. The van der Waals surface area contributed by atoms with Crippen LogP contribution in [0, 0.1) is 0 Å². The highest BCUT2D eigenvalue weighted by Crippen LogP contribution is 2.27. The van der Waals surface area contributed by atoms with Crippen LogP contribution in [-0.2, 0) is 11.2 Å². The molecule has 19 heavy (non-hydrogen) atoms. The molecule has 0 fully saturated rings. The molecular weight excluding hydrogens is 238 g/mol. The summed E-state index contributed by atoms with van der Waals surface area (Å²) in [6.45, 7) is 3.82. The first-order chi connectivity index (χ1) is 9.00. The Morgan fingerprint density at radius 2 is 2.11 bits per heavy atom. The molecule has 0 saturated carbocycles. The number of primary amides is 1. The summed E-state index contributed by atoms with van der Waals surface area (Å²) in [5.41, 5.74) is 13.0. The van der Waals surface area contributed by atoms with Crippen molar-refractivity contribution in [2.45, 2.75) is 38.1 Å². The number of rotatable bonds is 6. The van der Waals surface area contributed by atoms with E-state index in [0.717, 1.165) is 32.4 Å². The lowest BCUT2D eigenvalue weighted by Gasteiger charge is -2.22. The first kappa shape index (κ1) is 13.9. The van der Waals surface area contributed by atoms with E-state index in [-0.39, 0.29) is 0 Å². The van der Waals surface area contributed by atoms with E-state index < -0.39 is 11.4 Å². The maximum Gasteiger partial charge on any atom is 0.237 e. The molecule has 0 saturated heterocycles. The Morgan fingerprint density at radius 3 is 2.84 bits per heavy atom. The fourth-order valence-electron chi connectivity index (χ4n) is 2.56. The van der Waals surface area contributed by atoms with Crippen molar-refractivity contribution < 1.29 is 4.79 Å². The molecule has 1 amide bonds. The van der Waals surface area contributed by atoms with Crippen LogP contribution < -0.4 is 16.4 Å². The maximum atomic E-state index is 11.1. The molecule has 0 radical (unpaired) electrons. The molecule has 0 bridgehead atoms. The van der Waals surface area contributed by atoms with Gasteiger partial charge in [-0.2, -0.15) is 0 Å². The van der Waals surface area contributed by atoms with Gasteiger partial charge in [-0.05, 0) is 44.2 Å². The van der Waals surface area contributed by atoms with Crippen molar-refractivity contribution in [3.63, 3.8) is 0 Å². The molecule has 0 spiro atoms. The standard InChI is InChI=1S/C15H23N3O/c1-15(17,14(16)19)9-4-5-10-18-11-8-12-6-2-3-7-13(12)18/h2-3,6-7H,4-5,8-11,17H2,1H3,(H2,16,19). The van der Waals surface area contributed by atoms with E-state index in [2.05, 4.69) is 29.2 Å². The molecule has 1 heterocycles. The number of benzene rings is 1. The largest absolute Gasteiger partial charge is 0.371 e. The van der Waals surface area contributed by atoms with Gasteiger partial charge in [-0.25, -0.2) is 0 Å². The van der Waals surface area contributed by atoms with Gasteiger partial charge in [0.1, 0.15) is 0 Å². The van der Waals surface area contributed by atoms with E-state index in [0.29, 0.717) is 6.42 Å². The van der Waals surface area contributed by atoms with Crippen LogP contribution in [0.15, 0.2) is 24.3 Å². The number of para-hydroxylation sites is 1. The molecule has 104 valence electrons. The lowest BCUT2D eigenvalue weighted by atomic mass is 9.95. The van der Waals surface area contributed by atoms with Crippen molar-refractivity contribution >= 4 is 11.6 Å². The maximum absolute atomic E-state index is 11.1. The van der Waals surface area contributed by atoms with Gasteiger partial charge in [-0.3, -0.25) is 4.79 Å². The summed E-state index contributed by atoms with van der Waals surface area (Å²) in [7, 11) is 0. The number of carbonyl (C=O) groups is 1. The molecule has 0 aromatic heterocycles. The average Bonchev–Trinajstić information content (AvgIpc) is 2.78. The second-order valence-corrected chi connectivity index (χ2v) is 5.60. The van der Waals surface area contributed by atoms with Crippen molar-refractivity contribution in [3.05, 3.63) is 29.8 Å². The normalized spacial score (nSPS) is 17.1. The second-order valence-electron chi connectivity index (χ2n) is 5.60. The van der Waals surface area contributed by atoms with Gasteiger partial charge in [0.25, 0.3) is 0 Å². The van der Waals surface area contributed by atoms with E-state index in [4.69, 9.17) is 11.5 Å². The first-order valence-electron chi connectivity index (χ1n) is 6.92. The number of carbonyl (C=O) groups excluding carboxylic acids is 1. The summed E-state index contributed by atoms with van der Waals surface area (Å²) in [5.74, 6) is -0.418. The topological polar surface area (TPSA) is 72.3 Å². The summed E-state index contributed by atoms with van der Waals surface area (Å²) in [4.78, 5) is 13.5. The molecule has 1 aliphatic rings. The second kappa shape index (κ2) is 5.61. The summed E-state index contributed by atoms with van der Waals surface area (Å²) >= 11 is 0. The van der Waals surface area contributed by atoms with Gasteiger partial charge in [0, 0.05) is 18.8 Å². The van der Waals surface area contributed by atoms with Crippen LogP contribution in [0.5, 0.6) is 0 Å². The Labute approximate surface area is 114 Å². The van der Waals surface area contributed by atoms with Crippen molar-refractivity contribution in [1.29, 1.82) is 0 Å². The highest BCUT2D eigenvalue weighted by atomic mass is 16.1. The minimum Gasteiger partial charge on any atom is -0.371 e. The minimum absolute atomic E-state index is 0.418. The smallest absolute Gasteiger partial charge is 0.237 e. The number of hydrogen-bond donors (Lipinski definition) is 2. The van der Waals surface area contributed by atoms with Gasteiger partial charge in [0.15, 0.2) is 0 Å². The predicted molar refractivity (Wildman–Crippen MR) is 78.0 cm³/mol. The van der Waals surface area contributed by atoms with E-state index in [1.807, 2.05) is 0 Å². The Kier molecular flexibility index (Phi) is 4.10. The quantitative estimate of drug-likeness (QED) is 0.761. The molecule has 1 aromatic rings. The van der Waals surface area contributed by atoms with E-state index in [9.17, 15) is 4.79 Å². The minimum atomic E-state index is -0.872. The van der Waals surface area contributed by atoms with Crippen LogP contribution in [0.2, 0.25) is 0 Å². The van der Waals surface area contributed by atoms with E-state index in [1.54, 1.807) is 6.92 Å². The molecule has 0 aliphatic carbocycles. The number of nitrogens with two attached hydrogens (primary N) is 2. The van der Waals surface area contributed by atoms with Gasteiger partial charge >= 0.3 is 0 Å². The van der Waals surface area contributed by atoms with Crippen LogP contribution in [0.3, 0.4) is 0 Å². The molecule has 4 N–H and O–H groups in total. The molecule has 1 aromatic carbocycles. The van der Waals surface area contributed by atoms with Gasteiger partial charge in [0.2, 0.25) is 5.91 Å². The Morgan fingerprint density at radius 1 is 1.37 bits per heavy atom. The number of fused-ring (bicyclic) bond motifs is 1. The van der Waals surface area contributed by atoms with Crippen LogP contribution >= 0.6 is 0 Å². The molecular formula is C15H23N3O. The third-order valence-electron chi connectivity index (χ3n) is 3.92. The van der Waals surface area contributed by atoms with Gasteiger partial charge < -0.3 is 16.4 Å². The van der Waals surface area contributed by atoms with Gasteiger partial charge in [-0.1, -0.05) is 18.2 Å². The number of amides is 1. The summed E-state index contributed by atoms with van der Waals surface area (Å²) in [5, 5.41) is 0. The van der Waals surface area contributed by atoms with Gasteiger partial charge in [0.05, 0.1) is 5.54 Å². The first-order valence-corrected chi connectivity index (χ1v) is 6.92. The highest BCUT2D eigenvalue weighted by Gasteiger charge is 2.25. The van der Waals surface area contributed by atoms with Crippen LogP contribution in [0.4, 0.5) is 5.69 Å². The molecule has 2 rings (SSSR count). The number of unbranched alkanes of at least 4 members (excludes halogenated alkanes) is 1. The van der Waals surface area contributed by atoms with Crippen LogP contribution in [0.25, 0.3) is 0 Å². The molecule has 4 heteroatoms. The number of anilines is 1. The zero-order valence-corrected chi connectivity index (χ0v) is 11.6. The monoisotopic (exact) mass is 261 g/mol. The summed E-state index contributed by atoms with van der Waals surface area (Å²) < 4.78 is 0. The van der Waals surface area contributed by atoms with Gasteiger partial charge in [-0.15, -0.1) is 0 Å². The third-order valence-corrected chi connectivity index (χ3v) is 3.92. The van der Waals surface area contributed by atoms with Crippen LogP contribution in [-0.4, -0.2) is 24.5 Å². The molecule has 4 nitrogen and oxygen atoms in total. The zero-order chi connectivity index (χ0) is 13.9.